The maximum Gasteiger partial charge on any atom is 0.312 e. The fourth-order valence-electron chi connectivity index (χ4n) is 4.94. The second-order valence-corrected chi connectivity index (χ2v) is 8.41. The van der Waals surface area contributed by atoms with Crippen LogP contribution >= 0.6 is 0 Å². The van der Waals surface area contributed by atoms with Gasteiger partial charge in [0, 0.05) is 26.1 Å². The van der Waals surface area contributed by atoms with Crippen molar-refractivity contribution in [2.45, 2.75) is 38.2 Å². The first kappa shape index (κ1) is 17.7. The van der Waals surface area contributed by atoms with Gasteiger partial charge in [-0.3, -0.25) is 14.5 Å². The van der Waals surface area contributed by atoms with Crippen LogP contribution in [0, 0.1) is 5.41 Å². The third kappa shape index (κ3) is 3.07. The zero-order valence-electron chi connectivity index (χ0n) is 16.0. The molecule has 1 amide bonds. The molecular weight excluding hydrogens is 356 g/mol. The predicted molar refractivity (Wildman–Crippen MR) is 104 cm³/mol. The van der Waals surface area contributed by atoms with Crippen LogP contribution in [0.3, 0.4) is 0 Å². The van der Waals surface area contributed by atoms with E-state index in [1.165, 1.54) is 12.8 Å². The Labute approximate surface area is 164 Å². The Morgan fingerprint density at radius 3 is 2.68 bits per heavy atom. The highest BCUT2D eigenvalue weighted by Gasteiger charge is 2.51. The van der Waals surface area contributed by atoms with Gasteiger partial charge in [-0.1, -0.05) is 12.1 Å². The molecule has 7 nitrogen and oxygen atoms in total. The second-order valence-electron chi connectivity index (χ2n) is 8.41. The van der Waals surface area contributed by atoms with Gasteiger partial charge in [0.25, 0.3) is 5.91 Å². The summed E-state index contributed by atoms with van der Waals surface area (Å²) >= 11 is 0. The average molecular weight is 382 g/mol. The fourth-order valence-corrected chi connectivity index (χ4v) is 4.94. The van der Waals surface area contributed by atoms with E-state index in [1.807, 2.05) is 29.2 Å². The largest absolute Gasteiger partial charge is 0.461 e. The maximum atomic E-state index is 12.9. The van der Waals surface area contributed by atoms with Crippen molar-refractivity contribution in [1.82, 2.24) is 19.8 Å². The summed E-state index contributed by atoms with van der Waals surface area (Å²) in [6.07, 6.45) is 4.62. The van der Waals surface area contributed by atoms with Gasteiger partial charge in [-0.2, -0.15) is 0 Å². The van der Waals surface area contributed by atoms with Crippen LogP contribution in [0.15, 0.2) is 24.3 Å². The van der Waals surface area contributed by atoms with Gasteiger partial charge in [-0.15, -0.1) is 0 Å². The number of esters is 1. The van der Waals surface area contributed by atoms with Crippen molar-refractivity contribution in [3.05, 3.63) is 30.1 Å². The number of H-pyrrole nitrogens is 1. The summed E-state index contributed by atoms with van der Waals surface area (Å²) in [6, 6.07) is 7.64. The molecule has 5 rings (SSSR count). The van der Waals surface area contributed by atoms with E-state index in [0.717, 1.165) is 37.1 Å². The minimum atomic E-state index is -0.408. The number of fused-ring (bicyclic) bond motifs is 1. The lowest BCUT2D eigenvalue weighted by Gasteiger charge is -2.36. The number of nitrogens with zero attached hydrogens (tertiary/aromatic N) is 3. The molecule has 0 radical (unpaired) electrons. The SMILES string of the molecule is O=C(c1nc2ccccc2[nH]1)N1CCC2(CC1)CC(CN1CCCC1)OC2=O. The molecule has 2 aromatic rings. The number of aromatic nitrogens is 2. The van der Waals surface area contributed by atoms with E-state index in [9.17, 15) is 9.59 Å². The summed E-state index contributed by atoms with van der Waals surface area (Å²) in [4.78, 5) is 37.2. The first-order valence-electron chi connectivity index (χ1n) is 10.3. The first-order valence-corrected chi connectivity index (χ1v) is 10.3. The van der Waals surface area contributed by atoms with Gasteiger partial charge in [-0.05, 0) is 50.9 Å². The Hall–Kier alpha value is -2.41. The number of carbonyl (C=O) groups excluding carboxylic acids is 2. The molecule has 1 aromatic carbocycles. The van der Waals surface area contributed by atoms with Crippen molar-refractivity contribution in [2.75, 3.05) is 32.7 Å². The molecule has 0 bridgehead atoms. The van der Waals surface area contributed by atoms with E-state index >= 15 is 0 Å². The molecule has 3 aliphatic heterocycles. The van der Waals surface area contributed by atoms with Crippen LogP contribution in [0.5, 0.6) is 0 Å². The summed E-state index contributed by atoms with van der Waals surface area (Å²) in [5.41, 5.74) is 1.25. The quantitative estimate of drug-likeness (QED) is 0.824. The number of piperidine rings is 1. The van der Waals surface area contributed by atoms with E-state index in [1.54, 1.807) is 0 Å². The number of benzene rings is 1. The number of amides is 1. The molecule has 0 saturated carbocycles. The average Bonchev–Trinajstić information content (AvgIpc) is 3.42. The third-order valence-electron chi connectivity index (χ3n) is 6.59. The molecule has 3 saturated heterocycles. The maximum absolute atomic E-state index is 12.9. The van der Waals surface area contributed by atoms with E-state index in [2.05, 4.69) is 14.9 Å². The van der Waals surface area contributed by atoms with Crippen molar-refractivity contribution >= 4 is 22.9 Å². The molecule has 1 unspecified atom stereocenters. The van der Waals surface area contributed by atoms with Crippen LogP contribution in [0.4, 0.5) is 0 Å². The van der Waals surface area contributed by atoms with E-state index in [0.29, 0.717) is 31.8 Å². The standard InChI is InChI=1S/C21H26N4O3/c26-19(18-22-16-5-1-2-6-17(16)23-18)25-11-7-21(8-12-25)13-15(28-20(21)27)14-24-9-3-4-10-24/h1-2,5-6,15H,3-4,7-14H2,(H,22,23). The topological polar surface area (TPSA) is 78.5 Å². The summed E-state index contributed by atoms with van der Waals surface area (Å²) in [5, 5.41) is 0. The number of ether oxygens (including phenoxy) is 1. The number of cyclic esters (lactones) is 1. The third-order valence-corrected chi connectivity index (χ3v) is 6.59. The zero-order valence-corrected chi connectivity index (χ0v) is 16.0. The van der Waals surface area contributed by atoms with Crippen molar-refractivity contribution in [2.24, 2.45) is 5.41 Å². The van der Waals surface area contributed by atoms with Gasteiger partial charge in [0.2, 0.25) is 0 Å². The Balaban J connectivity index is 1.23. The van der Waals surface area contributed by atoms with E-state index in [-0.39, 0.29) is 18.0 Å². The van der Waals surface area contributed by atoms with Gasteiger partial charge in [-0.25, -0.2) is 4.98 Å². The highest BCUT2D eigenvalue weighted by atomic mass is 16.6. The number of rotatable bonds is 3. The van der Waals surface area contributed by atoms with Crippen LogP contribution in [0.1, 0.15) is 42.7 Å². The normalized spacial score (nSPS) is 24.9. The van der Waals surface area contributed by atoms with Crippen LogP contribution in [0.25, 0.3) is 11.0 Å². The van der Waals surface area contributed by atoms with Gasteiger partial charge in [0.05, 0.1) is 16.4 Å². The lowest BCUT2D eigenvalue weighted by molar-refractivity contribution is -0.150. The minimum Gasteiger partial charge on any atom is -0.461 e. The van der Waals surface area contributed by atoms with Gasteiger partial charge in [0.1, 0.15) is 6.10 Å². The summed E-state index contributed by atoms with van der Waals surface area (Å²) < 4.78 is 5.73. The van der Waals surface area contributed by atoms with Crippen LogP contribution in [-0.4, -0.2) is 70.5 Å². The Morgan fingerprint density at radius 2 is 1.93 bits per heavy atom. The number of likely N-dealkylation sites (tertiary alicyclic amines) is 2. The summed E-state index contributed by atoms with van der Waals surface area (Å²) in [5.74, 6) is 0.219. The van der Waals surface area contributed by atoms with Gasteiger partial charge < -0.3 is 14.6 Å². The number of hydrogen-bond donors (Lipinski definition) is 1. The van der Waals surface area contributed by atoms with Crippen molar-refractivity contribution in [3.8, 4) is 0 Å². The molecule has 7 heteroatoms. The van der Waals surface area contributed by atoms with Crippen LogP contribution < -0.4 is 0 Å². The van der Waals surface area contributed by atoms with Crippen LogP contribution in [0.2, 0.25) is 0 Å². The van der Waals surface area contributed by atoms with Crippen LogP contribution in [-0.2, 0) is 9.53 Å². The highest BCUT2D eigenvalue weighted by Crippen LogP contribution is 2.43. The summed E-state index contributed by atoms with van der Waals surface area (Å²) in [6.45, 7) is 4.22. The lowest BCUT2D eigenvalue weighted by atomic mass is 9.76. The van der Waals surface area contributed by atoms with Crippen molar-refractivity contribution < 1.29 is 14.3 Å². The number of carbonyl (C=O) groups is 2. The molecule has 0 aliphatic carbocycles. The van der Waals surface area contributed by atoms with Gasteiger partial charge >= 0.3 is 5.97 Å². The lowest BCUT2D eigenvalue weighted by Crippen LogP contribution is -2.45. The molecule has 4 heterocycles. The Kier molecular flexibility index (Phi) is 4.34. The van der Waals surface area contributed by atoms with Crippen molar-refractivity contribution in [3.63, 3.8) is 0 Å². The number of imidazole rings is 1. The molecule has 1 aromatic heterocycles. The molecule has 1 atom stereocenters. The number of hydrogen-bond acceptors (Lipinski definition) is 5. The number of para-hydroxylation sites is 2. The molecule has 148 valence electrons. The number of nitrogens with one attached hydrogen (secondary N) is 1. The predicted octanol–water partition coefficient (Wildman–Crippen LogP) is 2.20. The number of aromatic amines is 1. The first-order chi connectivity index (χ1) is 13.6. The molecular formula is C21H26N4O3. The van der Waals surface area contributed by atoms with E-state index in [4.69, 9.17) is 4.74 Å². The van der Waals surface area contributed by atoms with E-state index < -0.39 is 5.41 Å². The molecule has 1 spiro atoms. The molecule has 3 fully saturated rings. The smallest absolute Gasteiger partial charge is 0.312 e. The monoisotopic (exact) mass is 382 g/mol. The second kappa shape index (κ2) is 6.88. The molecule has 3 aliphatic rings. The molecule has 1 N–H and O–H groups in total. The zero-order chi connectivity index (χ0) is 19.1. The fraction of sp³-hybridized carbons (Fsp3) is 0.571. The summed E-state index contributed by atoms with van der Waals surface area (Å²) in [7, 11) is 0. The highest BCUT2D eigenvalue weighted by molar-refractivity contribution is 5.94. The Morgan fingerprint density at radius 1 is 1.18 bits per heavy atom. The van der Waals surface area contributed by atoms with Crippen molar-refractivity contribution in [1.29, 1.82) is 0 Å². The Bertz CT molecular complexity index is 861. The minimum absolute atomic E-state index is 0.00299. The molecule has 28 heavy (non-hydrogen) atoms. The van der Waals surface area contributed by atoms with Gasteiger partial charge in [0.15, 0.2) is 5.82 Å².